The Kier molecular flexibility index (Phi) is 7.22. The number of hydrogen-bond donors (Lipinski definition) is 1. The molecule has 162 valence electrons. The van der Waals surface area contributed by atoms with E-state index >= 15 is 0 Å². The van der Waals surface area contributed by atoms with E-state index in [1.165, 1.54) is 10.4 Å². The van der Waals surface area contributed by atoms with Crippen LogP contribution in [-0.2, 0) is 16.0 Å². The highest BCUT2D eigenvalue weighted by molar-refractivity contribution is 7.10. The summed E-state index contributed by atoms with van der Waals surface area (Å²) in [4.78, 5) is 31.0. The molecule has 3 heterocycles. The molecule has 0 saturated carbocycles. The molecule has 0 aliphatic carbocycles. The second-order valence-electron chi connectivity index (χ2n) is 9.06. The standard InChI is InChI=1S/C22H35N3O3S/c1-5-18-17-10-13-29-19(17)9-12-25(18)20(26)15-24-11-7-6-8-16(24)14-23-21(27)28-22(2,3)4/h10,13,16,18H,5-9,11-12,14-15H2,1-4H3,(H,23,27). The van der Waals surface area contributed by atoms with Gasteiger partial charge in [0, 0.05) is 24.0 Å². The maximum Gasteiger partial charge on any atom is 0.407 e. The Balaban J connectivity index is 1.58. The third-order valence-corrected chi connectivity index (χ3v) is 6.77. The van der Waals surface area contributed by atoms with Gasteiger partial charge in [0.2, 0.25) is 5.91 Å². The van der Waals surface area contributed by atoms with Gasteiger partial charge in [-0.2, -0.15) is 0 Å². The van der Waals surface area contributed by atoms with Crippen LogP contribution in [0.25, 0.3) is 0 Å². The van der Waals surface area contributed by atoms with Gasteiger partial charge in [-0.25, -0.2) is 4.79 Å². The maximum absolute atomic E-state index is 13.2. The summed E-state index contributed by atoms with van der Waals surface area (Å²) in [6.07, 6.45) is 4.74. The number of nitrogens with zero attached hydrogens (tertiary/aromatic N) is 2. The van der Waals surface area contributed by atoms with E-state index in [1.54, 1.807) is 11.3 Å². The summed E-state index contributed by atoms with van der Waals surface area (Å²) >= 11 is 1.81. The van der Waals surface area contributed by atoms with Crippen LogP contribution in [0.15, 0.2) is 11.4 Å². The van der Waals surface area contributed by atoms with Crippen LogP contribution >= 0.6 is 11.3 Å². The zero-order chi connectivity index (χ0) is 21.0. The number of piperidine rings is 1. The quantitative estimate of drug-likeness (QED) is 0.782. The average molecular weight is 422 g/mol. The van der Waals surface area contributed by atoms with Crippen LogP contribution in [0.1, 0.15) is 69.9 Å². The highest BCUT2D eigenvalue weighted by Crippen LogP contribution is 2.35. The summed E-state index contributed by atoms with van der Waals surface area (Å²) in [6, 6.07) is 2.56. The maximum atomic E-state index is 13.2. The highest BCUT2D eigenvalue weighted by Gasteiger charge is 2.33. The summed E-state index contributed by atoms with van der Waals surface area (Å²) in [5, 5.41) is 5.04. The van der Waals surface area contributed by atoms with Crippen LogP contribution in [0, 0.1) is 0 Å². The van der Waals surface area contributed by atoms with Crippen LogP contribution in [0.5, 0.6) is 0 Å². The van der Waals surface area contributed by atoms with Crippen molar-refractivity contribution < 1.29 is 14.3 Å². The number of hydrogen-bond acceptors (Lipinski definition) is 5. The van der Waals surface area contributed by atoms with E-state index in [9.17, 15) is 9.59 Å². The van der Waals surface area contributed by atoms with Crippen LogP contribution in [-0.4, -0.2) is 59.6 Å². The first-order valence-electron chi connectivity index (χ1n) is 10.8. The molecular formula is C22H35N3O3S. The molecule has 0 radical (unpaired) electrons. The minimum atomic E-state index is -0.504. The Labute approximate surface area is 178 Å². The van der Waals surface area contributed by atoms with Gasteiger partial charge in [-0.3, -0.25) is 9.69 Å². The molecule has 2 unspecified atom stereocenters. The van der Waals surface area contributed by atoms with Crippen molar-refractivity contribution in [3.63, 3.8) is 0 Å². The number of likely N-dealkylation sites (tertiary alicyclic amines) is 1. The first kappa shape index (κ1) is 22.1. The van der Waals surface area contributed by atoms with E-state index < -0.39 is 5.60 Å². The second-order valence-corrected chi connectivity index (χ2v) is 10.1. The number of alkyl carbamates (subject to hydrolysis) is 1. The molecular weight excluding hydrogens is 386 g/mol. The lowest BCUT2D eigenvalue weighted by Gasteiger charge is -2.40. The lowest BCUT2D eigenvalue weighted by molar-refractivity contribution is -0.136. The molecule has 0 spiro atoms. The zero-order valence-corrected chi connectivity index (χ0v) is 19.0. The first-order valence-corrected chi connectivity index (χ1v) is 11.7. The van der Waals surface area contributed by atoms with E-state index in [-0.39, 0.29) is 24.1 Å². The minimum absolute atomic E-state index is 0.182. The third kappa shape index (κ3) is 5.72. The Morgan fingerprint density at radius 2 is 2.07 bits per heavy atom. The average Bonchev–Trinajstić information content (AvgIpc) is 3.14. The van der Waals surface area contributed by atoms with Gasteiger partial charge in [-0.1, -0.05) is 13.3 Å². The molecule has 0 bridgehead atoms. The van der Waals surface area contributed by atoms with Gasteiger partial charge in [0.1, 0.15) is 5.60 Å². The molecule has 6 nitrogen and oxygen atoms in total. The smallest absolute Gasteiger partial charge is 0.407 e. The summed E-state index contributed by atoms with van der Waals surface area (Å²) in [5.41, 5.74) is 0.829. The molecule has 1 saturated heterocycles. The van der Waals surface area contributed by atoms with Crippen molar-refractivity contribution in [2.45, 2.75) is 77.5 Å². The molecule has 0 aromatic carbocycles. The number of nitrogens with one attached hydrogen (secondary N) is 1. The number of fused-ring (bicyclic) bond motifs is 1. The fourth-order valence-electron chi connectivity index (χ4n) is 4.41. The Hall–Kier alpha value is -1.60. The molecule has 2 atom stereocenters. The number of carbonyl (C=O) groups is 2. The number of rotatable bonds is 5. The zero-order valence-electron chi connectivity index (χ0n) is 18.2. The van der Waals surface area contributed by atoms with Gasteiger partial charge in [-0.15, -0.1) is 11.3 Å². The molecule has 2 aliphatic rings. The first-order chi connectivity index (χ1) is 13.8. The number of amides is 2. The van der Waals surface area contributed by atoms with Crippen LogP contribution in [0.3, 0.4) is 0 Å². The largest absolute Gasteiger partial charge is 0.444 e. The predicted molar refractivity (Wildman–Crippen MR) is 116 cm³/mol. The van der Waals surface area contributed by atoms with E-state index in [1.807, 2.05) is 20.8 Å². The summed E-state index contributed by atoms with van der Waals surface area (Å²) in [7, 11) is 0. The predicted octanol–water partition coefficient (Wildman–Crippen LogP) is 3.96. The minimum Gasteiger partial charge on any atom is -0.444 e. The fraction of sp³-hybridized carbons (Fsp3) is 0.727. The van der Waals surface area contributed by atoms with E-state index in [2.05, 4.69) is 33.5 Å². The van der Waals surface area contributed by atoms with Crippen LogP contribution in [0.2, 0.25) is 0 Å². The monoisotopic (exact) mass is 421 g/mol. The van der Waals surface area contributed by atoms with Crippen molar-refractivity contribution in [3.05, 3.63) is 21.9 Å². The molecule has 1 N–H and O–H groups in total. The molecule has 1 aromatic rings. The van der Waals surface area contributed by atoms with Gasteiger partial charge in [0.25, 0.3) is 0 Å². The molecule has 1 fully saturated rings. The van der Waals surface area contributed by atoms with Crippen molar-refractivity contribution >= 4 is 23.3 Å². The van der Waals surface area contributed by atoms with Crippen molar-refractivity contribution in [3.8, 4) is 0 Å². The third-order valence-electron chi connectivity index (χ3n) is 5.77. The van der Waals surface area contributed by atoms with Crippen LogP contribution < -0.4 is 5.32 Å². The van der Waals surface area contributed by atoms with E-state index in [0.29, 0.717) is 13.1 Å². The fourth-order valence-corrected chi connectivity index (χ4v) is 5.34. The lowest BCUT2D eigenvalue weighted by Crippen LogP contribution is -2.52. The van der Waals surface area contributed by atoms with Gasteiger partial charge < -0.3 is 15.0 Å². The van der Waals surface area contributed by atoms with Gasteiger partial charge in [0.05, 0.1) is 12.6 Å². The van der Waals surface area contributed by atoms with Gasteiger partial charge in [-0.05, 0) is 70.0 Å². The van der Waals surface area contributed by atoms with E-state index in [0.717, 1.165) is 45.2 Å². The summed E-state index contributed by atoms with van der Waals surface area (Å²) < 4.78 is 5.35. The molecule has 29 heavy (non-hydrogen) atoms. The Bertz CT molecular complexity index is 712. The number of carbonyl (C=O) groups excluding carboxylic acids is 2. The number of thiophene rings is 1. The van der Waals surface area contributed by atoms with Crippen LogP contribution in [0.4, 0.5) is 4.79 Å². The number of ether oxygens (including phenoxy) is 1. The Morgan fingerprint density at radius 3 is 2.79 bits per heavy atom. The highest BCUT2D eigenvalue weighted by atomic mass is 32.1. The molecule has 2 aliphatic heterocycles. The summed E-state index contributed by atoms with van der Waals surface area (Å²) in [6.45, 7) is 10.4. The molecule has 7 heteroatoms. The van der Waals surface area contributed by atoms with Crippen molar-refractivity contribution in [2.75, 3.05) is 26.2 Å². The molecule has 1 aromatic heterocycles. The topological polar surface area (TPSA) is 61.9 Å². The van der Waals surface area contributed by atoms with Crippen molar-refractivity contribution in [2.24, 2.45) is 0 Å². The Morgan fingerprint density at radius 1 is 1.28 bits per heavy atom. The normalized spacial score (nSPS) is 22.8. The molecule has 2 amide bonds. The van der Waals surface area contributed by atoms with Crippen molar-refractivity contribution in [1.29, 1.82) is 0 Å². The second kappa shape index (κ2) is 9.47. The van der Waals surface area contributed by atoms with Gasteiger partial charge >= 0.3 is 6.09 Å². The van der Waals surface area contributed by atoms with Crippen molar-refractivity contribution in [1.82, 2.24) is 15.1 Å². The summed E-state index contributed by atoms with van der Waals surface area (Å²) in [5.74, 6) is 0.206. The SMILES string of the molecule is CCC1c2ccsc2CCN1C(=O)CN1CCCCC1CNC(=O)OC(C)(C)C. The lowest BCUT2D eigenvalue weighted by atomic mass is 9.97. The van der Waals surface area contributed by atoms with E-state index in [4.69, 9.17) is 4.74 Å². The molecule has 3 rings (SSSR count). The van der Waals surface area contributed by atoms with Gasteiger partial charge in [0.15, 0.2) is 0 Å².